The quantitative estimate of drug-likeness (QED) is 0.522. The third-order valence-electron chi connectivity index (χ3n) is 1.87. The number of hydrogen-bond donors (Lipinski definition) is 0. The molecule has 0 spiro atoms. The summed E-state index contributed by atoms with van der Waals surface area (Å²) in [5.41, 5.74) is 0. The molecule has 0 amide bonds. The first-order valence-corrected chi connectivity index (χ1v) is 6.03. The van der Waals surface area contributed by atoms with Crippen LogP contribution in [0.1, 0.15) is 33.6 Å². The Morgan fingerprint density at radius 1 is 1.27 bits per heavy atom. The van der Waals surface area contributed by atoms with E-state index in [1.54, 1.807) is 0 Å². The molecule has 0 aromatic heterocycles. The van der Waals surface area contributed by atoms with Crippen molar-refractivity contribution in [3.05, 3.63) is 0 Å². The van der Waals surface area contributed by atoms with Crippen molar-refractivity contribution < 1.29 is 19.1 Å². The molecule has 5 heteroatoms. The van der Waals surface area contributed by atoms with Gasteiger partial charge in [0.25, 0.3) is 0 Å². The Morgan fingerprint density at radius 3 is 2.47 bits per heavy atom. The van der Waals surface area contributed by atoms with E-state index in [0.29, 0.717) is 18.1 Å². The largest absolute Gasteiger partial charge is 0.428 e. The molecule has 0 aromatic rings. The zero-order valence-electron chi connectivity index (χ0n) is 9.45. The fraction of sp³-hybridized carbons (Fsp3) is 0.800. The van der Waals surface area contributed by atoms with Crippen molar-refractivity contribution in [2.75, 3.05) is 12.5 Å². The lowest BCUT2D eigenvalue weighted by Gasteiger charge is -2.08. The summed E-state index contributed by atoms with van der Waals surface area (Å²) in [6.45, 7) is 5.55. The van der Waals surface area contributed by atoms with Crippen LogP contribution in [0.2, 0.25) is 0 Å². The number of ether oxygens (including phenoxy) is 2. The normalized spacial score (nSPS) is 11.9. The molecule has 0 saturated heterocycles. The van der Waals surface area contributed by atoms with Gasteiger partial charge in [0, 0.05) is 12.2 Å². The van der Waals surface area contributed by atoms with Crippen LogP contribution in [-0.4, -0.2) is 23.8 Å². The van der Waals surface area contributed by atoms with Gasteiger partial charge in [0.2, 0.25) is 6.79 Å². The molecule has 0 radical (unpaired) electrons. The van der Waals surface area contributed by atoms with Gasteiger partial charge in [-0.25, -0.2) is 4.79 Å². The second-order valence-corrected chi connectivity index (χ2v) is 4.38. The minimum absolute atomic E-state index is 0.277. The van der Waals surface area contributed by atoms with Gasteiger partial charge >= 0.3 is 11.3 Å². The lowest BCUT2D eigenvalue weighted by atomic mass is 10.1. The molecular formula is C10H18O4S. The Balaban J connectivity index is 3.50. The highest BCUT2D eigenvalue weighted by atomic mass is 32.2. The zero-order valence-corrected chi connectivity index (χ0v) is 10.3. The number of carbonyl (C=O) groups is 2. The Morgan fingerprint density at radius 2 is 1.93 bits per heavy atom. The molecular weight excluding hydrogens is 216 g/mol. The van der Waals surface area contributed by atoms with Gasteiger partial charge in [-0.1, -0.05) is 27.2 Å². The minimum atomic E-state index is -0.408. The first-order valence-electron chi connectivity index (χ1n) is 5.05. The maximum absolute atomic E-state index is 11.1. The van der Waals surface area contributed by atoms with Crippen molar-refractivity contribution >= 4 is 23.0 Å². The van der Waals surface area contributed by atoms with Gasteiger partial charge in [-0.15, -0.1) is 0 Å². The lowest BCUT2D eigenvalue weighted by Crippen LogP contribution is -2.12. The van der Waals surface area contributed by atoms with Crippen molar-refractivity contribution in [3.63, 3.8) is 0 Å². The molecule has 0 aromatic carbocycles. The van der Waals surface area contributed by atoms with Gasteiger partial charge in [0.05, 0.1) is 0 Å². The van der Waals surface area contributed by atoms with E-state index < -0.39 is 5.30 Å². The molecule has 0 aliphatic rings. The Hall–Kier alpha value is -0.710. The number of esters is 1. The van der Waals surface area contributed by atoms with Gasteiger partial charge < -0.3 is 9.47 Å². The van der Waals surface area contributed by atoms with Crippen LogP contribution in [0.4, 0.5) is 4.79 Å². The highest BCUT2D eigenvalue weighted by Gasteiger charge is 2.09. The van der Waals surface area contributed by atoms with E-state index in [2.05, 4.69) is 4.74 Å². The van der Waals surface area contributed by atoms with E-state index in [1.807, 2.05) is 20.8 Å². The van der Waals surface area contributed by atoms with Crippen molar-refractivity contribution in [2.45, 2.75) is 33.6 Å². The highest BCUT2D eigenvalue weighted by Crippen LogP contribution is 2.08. The summed E-state index contributed by atoms with van der Waals surface area (Å²) in [4.78, 5) is 22.0. The summed E-state index contributed by atoms with van der Waals surface area (Å²) in [5, 5.41) is -0.408. The number of hydrogen-bond acceptors (Lipinski definition) is 5. The standard InChI is InChI=1S/C10H18O4S/c1-4-8(3)6-9(11)13-7-14-10(12)15-5-2/h8H,4-7H2,1-3H3. The van der Waals surface area contributed by atoms with E-state index in [1.165, 1.54) is 0 Å². The smallest absolute Gasteiger partial charge is 0.370 e. The molecule has 0 aliphatic carbocycles. The summed E-state index contributed by atoms with van der Waals surface area (Å²) in [7, 11) is 0. The third-order valence-corrected chi connectivity index (χ3v) is 2.51. The molecule has 0 rings (SSSR count). The van der Waals surface area contributed by atoms with E-state index in [9.17, 15) is 9.59 Å². The van der Waals surface area contributed by atoms with E-state index in [0.717, 1.165) is 18.2 Å². The van der Waals surface area contributed by atoms with E-state index in [-0.39, 0.29) is 12.8 Å². The number of rotatable bonds is 6. The van der Waals surface area contributed by atoms with E-state index >= 15 is 0 Å². The third kappa shape index (κ3) is 8.30. The Kier molecular flexibility index (Phi) is 8.18. The van der Waals surface area contributed by atoms with Gasteiger partial charge in [0.1, 0.15) is 0 Å². The summed E-state index contributed by atoms with van der Waals surface area (Å²) in [5.74, 6) is 0.636. The summed E-state index contributed by atoms with van der Waals surface area (Å²) in [6.07, 6.45) is 1.30. The summed E-state index contributed by atoms with van der Waals surface area (Å²) >= 11 is 1.05. The number of thioether (sulfide) groups is 1. The van der Waals surface area contributed by atoms with Crippen molar-refractivity contribution in [1.82, 2.24) is 0 Å². The zero-order chi connectivity index (χ0) is 11.7. The number of carbonyl (C=O) groups excluding carboxylic acids is 2. The van der Waals surface area contributed by atoms with Crippen LogP contribution in [0, 0.1) is 5.92 Å². The van der Waals surface area contributed by atoms with Crippen LogP contribution < -0.4 is 0 Å². The van der Waals surface area contributed by atoms with Crippen LogP contribution in [0.3, 0.4) is 0 Å². The highest BCUT2D eigenvalue weighted by molar-refractivity contribution is 8.13. The Bertz CT molecular complexity index is 206. The van der Waals surface area contributed by atoms with Gasteiger partial charge in [-0.05, 0) is 17.7 Å². The van der Waals surface area contributed by atoms with Crippen molar-refractivity contribution in [3.8, 4) is 0 Å². The van der Waals surface area contributed by atoms with Crippen molar-refractivity contribution in [1.29, 1.82) is 0 Å². The molecule has 4 nitrogen and oxygen atoms in total. The predicted octanol–water partition coefficient (Wildman–Crippen LogP) is 2.81. The summed E-state index contributed by atoms with van der Waals surface area (Å²) < 4.78 is 9.39. The van der Waals surface area contributed by atoms with Gasteiger partial charge in [-0.3, -0.25) is 4.79 Å². The topological polar surface area (TPSA) is 52.6 Å². The predicted molar refractivity (Wildman–Crippen MR) is 59.6 cm³/mol. The maximum Gasteiger partial charge on any atom is 0.370 e. The van der Waals surface area contributed by atoms with Crippen LogP contribution in [-0.2, 0) is 14.3 Å². The van der Waals surface area contributed by atoms with Gasteiger partial charge in [-0.2, -0.15) is 0 Å². The molecule has 0 heterocycles. The monoisotopic (exact) mass is 234 g/mol. The van der Waals surface area contributed by atoms with Crippen LogP contribution in [0.25, 0.3) is 0 Å². The first kappa shape index (κ1) is 14.3. The van der Waals surface area contributed by atoms with Crippen molar-refractivity contribution in [2.24, 2.45) is 5.92 Å². The molecule has 15 heavy (non-hydrogen) atoms. The molecule has 0 bridgehead atoms. The molecule has 88 valence electrons. The average molecular weight is 234 g/mol. The maximum atomic E-state index is 11.1. The fourth-order valence-electron chi connectivity index (χ4n) is 0.791. The Labute approximate surface area is 94.7 Å². The van der Waals surface area contributed by atoms with E-state index in [4.69, 9.17) is 4.74 Å². The SMILES string of the molecule is CCSC(=O)OCOC(=O)CC(C)CC. The molecule has 0 saturated carbocycles. The molecule has 0 fully saturated rings. The average Bonchev–Trinajstić information content (AvgIpc) is 2.18. The molecule has 0 N–H and O–H groups in total. The minimum Gasteiger partial charge on any atom is -0.428 e. The van der Waals surface area contributed by atoms with Crippen LogP contribution in [0.5, 0.6) is 0 Å². The molecule has 1 atom stereocenters. The van der Waals surface area contributed by atoms with Gasteiger partial charge in [0.15, 0.2) is 0 Å². The fourth-order valence-corrected chi connectivity index (χ4v) is 1.16. The molecule has 0 aliphatic heterocycles. The second-order valence-electron chi connectivity index (χ2n) is 3.18. The summed E-state index contributed by atoms with van der Waals surface area (Å²) in [6, 6.07) is 0. The lowest BCUT2D eigenvalue weighted by molar-refractivity contribution is -0.152. The van der Waals surface area contributed by atoms with Crippen LogP contribution in [0.15, 0.2) is 0 Å². The second kappa shape index (κ2) is 8.59. The first-order chi connectivity index (χ1) is 7.10. The molecule has 1 unspecified atom stereocenters. The van der Waals surface area contributed by atoms with Crippen LogP contribution >= 0.6 is 11.8 Å².